The lowest BCUT2D eigenvalue weighted by molar-refractivity contribution is -0.143. The molecule has 3 nitrogen and oxygen atoms in total. The number of hydrogen-bond donors (Lipinski definition) is 2. The third-order valence-electron chi connectivity index (χ3n) is 3.22. The van der Waals surface area contributed by atoms with Crippen LogP contribution < -0.4 is 5.73 Å². The van der Waals surface area contributed by atoms with E-state index in [1.807, 2.05) is 6.92 Å². The van der Waals surface area contributed by atoms with Crippen molar-refractivity contribution in [3.05, 3.63) is 31.7 Å². The van der Waals surface area contributed by atoms with Crippen LogP contribution in [-0.4, -0.2) is 16.6 Å². The zero-order valence-electron chi connectivity index (χ0n) is 11.0. The minimum atomic E-state index is -1.36. The number of carboxylic acid groups (broad SMARTS) is 1. The van der Waals surface area contributed by atoms with Crippen molar-refractivity contribution in [1.82, 2.24) is 0 Å². The molecule has 0 bridgehead atoms. The van der Waals surface area contributed by atoms with E-state index in [9.17, 15) is 4.79 Å². The average molecular weight is 359 g/mol. The number of benzene rings is 1. The fourth-order valence-corrected chi connectivity index (χ4v) is 2.93. The highest BCUT2D eigenvalue weighted by Crippen LogP contribution is 2.43. The topological polar surface area (TPSA) is 63.3 Å². The lowest BCUT2D eigenvalue weighted by atomic mass is 9.84. The molecule has 2 unspecified atom stereocenters. The summed E-state index contributed by atoms with van der Waals surface area (Å²) >= 11 is 24.1. The van der Waals surface area contributed by atoms with Gasteiger partial charge < -0.3 is 10.8 Å². The Morgan fingerprint density at radius 2 is 1.85 bits per heavy atom. The quantitative estimate of drug-likeness (QED) is 0.575. The highest BCUT2D eigenvalue weighted by atomic mass is 35.5. The monoisotopic (exact) mass is 357 g/mol. The number of aliphatic carboxylic acids is 1. The summed E-state index contributed by atoms with van der Waals surface area (Å²) in [6.45, 7) is 3.38. The largest absolute Gasteiger partial charge is 0.480 e. The van der Waals surface area contributed by atoms with Crippen LogP contribution in [0.2, 0.25) is 20.1 Å². The Hall–Kier alpha value is -0.190. The van der Waals surface area contributed by atoms with Gasteiger partial charge in [0.15, 0.2) is 0 Å². The van der Waals surface area contributed by atoms with Gasteiger partial charge in [-0.1, -0.05) is 53.3 Å². The second-order valence-corrected chi connectivity index (χ2v) is 6.46. The second kappa shape index (κ2) is 6.71. The Kier molecular flexibility index (Phi) is 6.00. The van der Waals surface area contributed by atoms with E-state index in [2.05, 4.69) is 0 Å². The molecule has 0 aliphatic rings. The molecular formula is C13H15Cl4NO2. The van der Waals surface area contributed by atoms with Crippen LogP contribution in [0.15, 0.2) is 6.07 Å². The summed E-state index contributed by atoms with van der Waals surface area (Å²) in [6, 6.07) is 1.62. The first-order valence-electron chi connectivity index (χ1n) is 5.97. The maximum absolute atomic E-state index is 11.1. The molecule has 112 valence electrons. The molecule has 20 heavy (non-hydrogen) atoms. The number of hydrogen-bond acceptors (Lipinski definition) is 2. The fourth-order valence-electron chi connectivity index (χ4n) is 1.96. The Labute approximate surface area is 137 Å². The molecule has 1 rings (SSSR count). The molecule has 3 N–H and O–H groups in total. The van der Waals surface area contributed by atoms with E-state index in [4.69, 9.17) is 57.2 Å². The van der Waals surface area contributed by atoms with Crippen LogP contribution in [0, 0.1) is 0 Å². The molecule has 0 aliphatic heterocycles. The summed E-state index contributed by atoms with van der Waals surface area (Å²) in [5, 5.41) is 10.0. The normalized spacial score (nSPS) is 15.8. The molecule has 0 heterocycles. The van der Waals surface area contributed by atoms with E-state index in [0.29, 0.717) is 12.0 Å². The zero-order valence-corrected chi connectivity index (χ0v) is 14.0. The Morgan fingerprint density at radius 1 is 1.30 bits per heavy atom. The summed E-state index contributed by atoms with van der Waals surface area (Å²) in [4.78, 5) is 11.1. The first kappa shape index (κ1) is 17.9. The van der Waals surface area contributed by atoms with E-state index in [-0.39, 0.29) is 32.4 Å². The highest BCUT2D eigenvalue weighted by Gasteiger charge is 2.32. The molecule has 0 aromatic heterocycles. The molecule has 1 aromatic carbocycles. The second-order valence-electron chi connectivity index (χ2n) is 4.92. The van der Waals surface area contributed by atoms with E-state index >= 15 is 0 Å². The molecular weight excluding hydrogens is 344 g/mol. The minimum absolute atomic E-state index is 0.170. The van der Waals surface area contributed by atoms with Gasteiger partial charge in [-0.05, 0) is 37.3 Å². The van der Waals surface area contributed by atoms with Crippen molar-refractivity contribution >= 4 is 52.4 Å². The van der Waals surface area contributed by atoms with Gasteiger partial charge in [0.25, 0.3) is 0 Å². The van der Waals surface area contributed by atoms with Crippen LogP contribution in [0.3, 0.4) is 0 Å². The van der Waals surface area contributed by atoms with Gasteiger partial charge in [0.1, 0.15) is 5.54 Å². The number of carbonyl (C=O) groups is 1. The number of carboxylic acids is 1. The molecule has 0 amide bonds. The van der Waals surface area contributed by atoms with Gasteiger partial charge in [0.05, 0.1) is 20.1 Å². The molecule has 0 saturated heterocycles. The lowest BCUT2D eigenvalue weighted by Gasteiger charge is -2.26. The van der Waals surface area contributed by atoms with E-state index < -0.39 is 11.5 Å². The van der Waals surface area contributed by atoms with E-state index in [0.717, 1.165) is 0 Å². The van der Waals surface area contributed by atoms with Crippen molar-refractivity contribution < 1.29 is 9.90 Å². The lowest BCUT2D eigenvalue weighted by Crippen LogP contribution is -2.46. The van der Waals surface area contributed by atoms with E-state index in [1.165, 1.54) is 6.92 Å². The molecule has 1 aromatic rings. The number of rotatable bonds is 5. The molecule has 0 aliphatic carbocycles. The Morgan fingerprint density at radius 3 is 2.30 bits per heavy atom. The van der Waals surface area contributed by atoms with E-state index in [1.54, 1.807) is 6.07 Å². The summed E-state index contributed by atoms with van der Waals surface area (Å²) in [6.07, 6.45) is 0.862. The van der Waals surface area contributed by atoms with Gasteiger partial charge in [-0.15, -0.1) is 0 Å². The molecule has 0 saturated carbocycles. The van der Waals surface area contributed by atoms with Gasteiger partial charge in [-0.3, -0.25) is 4.79 Å². The summed E-state index contributed by atoms with van der Waals surface area (Å²) < 4.78 is 0. The molecule has 2 atom stereocenters. The number of nitrogens with two attached hydrogens (primary N) is 1. The Bertz CT molecular complexity index is 532. The van der Waals surface area contributed by atoms with Crippen LogP contribution in [0.1, 0.15) is 38.2 Å². The van der Waals surface area contributed by atoms with Crippen molar-refractivity contribution in [2.45, 2.75) is 38.1 Å². The summed E-state index contributed by atoms with van der Waals surface area (Å²) in [5.74, 6) is -1.25. The smallest absolute Gasteiger partial charge is 0.323 e. The van der Waals surface area contributed by atoms with Gasteiger partial charge >= 0.3 is 5.97 Å². The number of halogens is 4. The first-order valence-corrected chi connectivity index (χ1v) is 7.48. The maximum atomic E-state index is 11.1. The predicted molar refractivity (Wildman–Crippen MR) is 84.4 cm³/mol. The van der Waals surface area contributed by atoms with Crippen molar-refractivity contribution in [3.8, 4) is 0 Å². The standard InChI is InChI=1S/C13H15Cl4NO2/c1-3-6(5-13(2,18)12(19)20)7-4-8(14)10(16)11(17)9(7)15/h4,6H,3,5,18H2,1-2H3,(H,19,20). The molecule has 0 radical (unpaired) electrons. The summed E-state index contributed by atoms with van der Waals surface area (Å²) in [7, 11) is 0. The van der Waals surface area contributed by atoms with Crippen LogP contribution in [0.25, 0.3) is 0 Å². The fraction of sp³-hybridized carbons (Fsp3) is 0.462. The van der Waals surface area contributed by atoms with Crippen molar-refractivity contribution in [3.63, 3.8) is 0 Å². The third kappa shape index (κ3) is 3.71. The third-order valence-corrected chi connectivity index (χ3v) is 4.99. The van der Waals surface area contributed by atoms with Crippen molar-refractivity contribution in [2.75, 3.05) is 0 Å². The van der Waals surface area contributed by atoms with Crippen molar-refractivity contribution in [2.24, 2.45) is 5.73 Å². The molecule has 0 fully saturated rings. The van der Waals surface area contributed by atoms with Crippen LogP contribution in [-0.2, 0) is 4.79 Å². The molecule has 0 spiro atoms. The van der Waals surface area contributed by atoms with Gasteiger partial charge in [-0.2, -0.15) is 0 Å². The van der Waals surface area contributed by atoms with Crippen LogP contribution in [0.5, 0.6) is 0 Å². The SMILES string of the molecule is CCC(CC(C)(N)C(=O)O)c1cc(Cl)c(Cl)c(Cl)c1Cl. The highest BCUT2D eigenvalue weighted by molar-refractivity contribution is 6.52. The predicted octanol–water partition coefficient (Wildman–Crippen LogP) is 4.99. The van der Waals surface area contributed by atoms with Crippen molar-refractivity contribution in [1.29, 1.82) is 0 Å². The van der Waals surface area contributed by atoms with Gasteiger partial charge in [-0.25, -0.2) is 0 Å². The minimum Gasteiger partial charge on any atom is -0.480 e. The summed E-state index contributed by atoms with van der Waals surface area (Å²) in [5.41, 5.74) is 5.10. The average Bonchev–Trinajstić information content (AvgIpc) is 2.38. The van der Waals surface area contributed by atoms with Gasteiger partial charge in [0, 0.05) is 0 Å². The van der Waals surface area contributed by atoms with Gasteiger partial charge in [0.2, 0.25) is 0 Å². The van der Waals surface area contributed by atoms with Crippen LogP contribution in [0.4, 0.5) is 0 Å². The zero-order chi connectivity index (χ0) is 15.7. The molecule has 7 heteroatoms. The Balaban J connectivity index is 3.24. The first-order chi connectivity index (χ1) is 9.11. The maximum Gasteiger partial charge on any atom is 0.323 e. The van der Waals surface area contributed by atoms with Crippen LogP contribution >= 0.6 is 46.4 Å².